The van der Waals surface area contributed by atoms with E-state index >= 15 is 0 Å². The minimum atomic E-state index is 0.159. The summed E-state index contributed by atoms with van der Waals surface area (Å²) >= 11 is 3.47. The normalized spacial score (nSPS) is 20.8. The first-order valence-corrected chi connectivity index (χ1v) is 7.94. The van der Waals surface area contributed by atoms with Crippen molar-refractivity contribution in [3.8, 4) is 0 Å². The fourth-order valence-electron chi connectivity index (χ4n) is 2.86. The SMILES string of the molecule is Cc1cc(C(=O)N2CC(N3CCNCC3)C2)ccc1Br. The van der Waals surface area contributed by atoms with Crippen LogP contribution in [0.2, 0.25) is 0 Å². The highest BCUT2D eigenvalue weighted by Gasteiger charge is 2.35. The molecule has 1 amide bonds. The lowest BCUT2D eigenvalue weighted by Gasteiger charge is -2.46. The van der Waals surface area contributed by atoms with Crippen molar-refractivity contribution in [2.45, 2.75) is 13.0 Å². The second kappa shape index (κ2) is 5.84. The molecule has 1 aromatic rings. The van der Waals surface area contributed by atoms with Gasteiger partial charge in [0.1, 0.15) is 0 Å². The summed E-state index contributed by atoms with van der Waals surface area (Å²) in [7, 11) is 0. The molecule has 2 fully saturated rings. The zero-order valence-corrected chi connectivity index (χ0v) is 13.3. The molecule has 0 aliphatic carbocycles. The lowest BCUT2D eigenvalue weighted by atomic mass is 10.0. The number of nitrogens with zero attached hydrogens (tertiary/aromatic N) is 2. The summed E-state index contributed by atoms with van der Waals surface area (Å²) in [4.78, 5) is 16.8. The number of hydrogen-bond acceptors (Lipinski definition) is 3. The van der Waals surface area contributed by atoms with Crippen LogP contribution in [-0.4, -0.2) is 61.0 Å². The molecule has 2 heterocycles. The van der Waals surface area contributed by atoms with Gasteiger partial charge in [0.2, 0.25) is 0 Å². The van der Waals surface area contributed by atoms with E-state index in [0.29, 0.717) is 6.04 Å². The van der Waals surface area contributed by atoms with E-state index in [1.54, 1.807) is 0 Å². The van der Waals surface area contributed by atoms with Crippen LogP contribution in [0, 0.1) is 6.92 Å². The molecular weight excluding hydrogens is 318 g/mol. The highest BCUT2D eigenvalue weighted by molar-refractivity contribution is 9.10. The predicted octanol–water partition coefficient (Wildman–Crippen LogP) is 1.49. The molecule has 20 heavy (non-hydrogen) atoms. The number of likely N-dealkylation sites (tertiary alicyclic amines) is 1. The Labute approximate surface area is 128 Å². The smallest absolute Gasteiger partial charge is 0.253 e. The number of carbonyl (C=O) groups excluding carboxylic acids is 1. The number of rotatable bonds is 2. The third-order valence-corrected chi connectivity index (χ3v) is 5.11. The Bertz CT molecular complexity index is 508. The highest BCUT2D eigenvalue weighted by atomic mass is 79.9. The number of nitrogens with one attached hydrogen (secondary N) is 1. The van der Waals surface area contributed by atoms with Crippen molar-refractivity contribution in [2.75, 3.05) is 39.3 Å². The standard InChI is InChI=1S/C15H20BrN3O/c1-11-8-12(2-3-14(11)16)15(20)19-9-13(10-19)18-6-4-17-5-7-18/h2-3,8,13,17H,4-7,9-10H2,1H3. The Kier molecular flexibility index (Phi) is 4.10. The molecule has 1 aromatic carbocycles. The molecule has 0 saturated carbocycles. The van der Waals surface area contributed by atoms with Crippen LogP contribution in [0.25, 0.3) is 0 Å². The molecule has 4 nitrogen and oxygen atoms in total. The molecule has 0 unspecified atom stereocenters. The van der Waals surface area contributed by atoms with E-state index in [1.165, 1.54) is 0 Å². The number of halogens is 1. The summed E-state index contributed by atoms with van der Waals surface area (Å²) < 4.78 is 1.05. The third-order valence-electron chi connectivity index (χ3n) is 4.22. The van der Waals surface area contributed by atoms with E-state index in [2.05, 4.69) is 26.1 Å². The van der Waals surface area contributed by atoms with Gasteiger partial charge in [0.05, 0.1) is 0 Å². The van der Waals surface area contributed by atoms with Crippen molar-refractivity contribution >= 4 is 21.8 Å². The van der Waals surface area contributed by atoms with Gasteiger partial charge in [-0.3, -0.25) is 9.69 Å². The lowest BCUT2D eigenvalue weighted by Crippen LogP contribution is -2.63. The molecule has 108 valence electrons. The van der Waals surface area contributed by atoms with Crippen LogP contribution in [0.5, 0.6) is 0 Å². The topological polar surface area (TPSA) is 35.6 Å². The van der Waals surface area contributed by atoms with E-state index in [-0.39, 0.29) is 5.91 Å². The van der Waals surface area contributed by atoms with Crippen LogP contribution in [0.1, 0.15) is 15.9 Å². The van der Waals surface area contributed by atoms with Gasteiger partial charge >= 0.3 is 0 Å². The van der Waals surface area contributed by atoms with Crippen LogP contribution in [0.3, 0.4) is 0 Å². The first-order chi connectivity index (χ1) is 9.65. The maximum Gasteiger partial charge on any atom is 0.253 e. The Balaban J connectivity index is 1.58. The molecule has 0 aromatic heterocycles. The number of benzene rings is 1. The molecule has 0 bridgehead atoms. The quantitative estimate of drug-likeness (QED) is 0.888. The van der Waals surface area contributed by atoms with Crippen LogP contribution in [-0.2, 0) is 0 Å². The van der Waals surface area contributed by atoms with Gasteiger partial charge in [-0.1, -0.05) is 15.9 Å². The molecule has 2 saturated heterocycles. The van der Waals surface area contributed by atoms with Crippen LogP contribution in [0.15, 0.2) is 22.7 Å². The average molecular weight is 338 g/mol. The number of aryl methyl sites for hydroxylation is 1. The number of amides is 1. The first-order valence-electron chi connectivity index (χ1n) is 7.15. The van der Waals surface area contributed by atoms with Crippen molar-refractivity contribution in [2.24, 2.45) is 0 Å². The minimum absolute atomic E-state index is 0.159. The summed E-state index contributed by atoms with van der Waals surface area (Å²) in [6, 6.07) is 6.37. The van der Waals surface area contributed by atoms with E-state index < -0.39 is 0 Å². The van der Waals surface area contributed by atoms with Gasteiger partial charge in [-0.2, -0.15) is 0 Å². The van der Waals surface area contributed by atoms with Crippen molar-refractivity contribution in [3.05, 3.63) is 33.8 Å². The van der Waals surface area contributed by atoms with E-state index in [4.69, 9.17) is 0 Å². The van der Waals surface area contributed by atoms with Crippen molar-refractivity contribution in [3.63, 3.8) is 0 Å². The zero-order valence-electron chi connectivity index (χ0n) is 11.7. The Hall–Kier alpha value is -0.910. The van der Waals surface area contributed by atoms with Crippen LogP contribution < -0.4 is 5.32 Å². The van der Waals surface area contributed by atoms with Gasteiger partial charge in [0, 0.05) is 55.3 Å². The van der Waals surface area contributed by atoms with Gasteiger partial charge in [0.25, 0.3) is 5.91 Å². The Morgan fingerprint density at radius 2 is 2.00 bits per heavy atom. The van der Waals surface area contributed by atoms with Gasteiger partial charge in [0.15, 0.2) is 0 Å². The third kappa shape index (κ3) is 2.75. The second-order valence-electron chi connectivity index (χ2n) is 5.61. The molecule has 3 rings (SSSR count). The molecule has 0 atom stereocenters. The predicted molar refractivity (Wildman–Crippen MR) is 83.0 cm³/mol. The number of carbonyl (C=O) groups is 1. The van der Waals surface area contributed by atoms with E-state index in [0.717, 1.165) is 54.9 Å². The maximum absolute atomic E-state index is 12.4. The minimum Gasteiger partial charge on any atom is -0.335 e. The van der Waals surface area contributed by atoms with Crippen molar-refractivity contribution in [1.29, 1.82) is 0 Å². The average Bonchev–Trinajstić information content (AvgIpc) is 2.41. The van der Waals surface area contributed by atoms with E-state index in [9.17, 15) is 4.79 Å². The van der Waals surface area contributed by atoms with Crippen molar-refractivity contribution in [1.82, 2.24) is 15.1 Å². The molecule has 0 spiro atoms. The molecule has 1 N–H and O–H groups in total. The van der Waals surface area contributed by atoms with Gasteiger partial charge in [-0.25, -0.2) is 0 Å². The van der Waals surface area contributed by atoms with Crippen molar-refractivity contribution < 1.29 is 4.79 Å². The summed E-state index contributed by atoms with van der Waals surface area (Å²) in [5, 5.41) is 3.36. The van der Waals surface area contributed by atoms with Crippen LogP contribution in [0.4, 0.5) is 0 Å². The summed E-state index contributed by atoms with van der Waals surface area (Å²) in [5.74, 6) is 0.159. The summed E-state index contributed by atoms with van der Waals surface area (Å²) in [5.41, 5.74) is 1.90. The lowest BCUT2D eigenvalue weighted by molar-refractivity contribution is 0.0227. The highest BCUT2D eigenvalue weighted by Crippen LogP contribution is 2.22. The number of hydrogen-bond donors (Lipinski definition) is 1. The second-order valence-corrected chi connectivity index (χ2v) is 6.47. The fraction of sp³-hybridized carbons (Fsp3) is 0.533. The Morgan fingerprint density at radius 1 is 1.30 bits per heavy atom. The van der Waals surface area contributed by atoms with Gasteiger partial charge in [-0.05, 0) is 30.7 Å². The number of piperazine rings is 1. The zero-order chi connectivity index (χ0) is 14.1. The maximum atomic E-state index is 12.4. The van der Waals surface area contributed by atoms with E-state index in [1.807, 2.05) is 30.0 Å². The first kappa shape index (κ1) is 14.0. The molecule has 2 aliphatic heterocycles. The molecule has 2 aliphatic rings. The van der Waals surface area contributed by atoms with Gasteiger partial charge < -0.3 is 10.2 Å². The fourth-order valence-corrected chi connectivity index (χ4v) is 3.11. The Morgan fingerprint density at radius 3 is 2.65 bits per heavy atom. The van der Waals surface area contributed by atoms with Gasteiger partial charge in [-0.15, -0.1) is 0 Å². The molecule has 5 heteroatoms. The van der Waals surface area contributed by atoms with Crippen LogP contribution >= 0.6 is 15.9 Å². The summed E-state index contributed by atoms with van der Waals surface area (Å²) in [6.07, 6.45) is 0. The largest absolute Gasteiger partial charge is 0.335 e. The monoisotopic (exact) mass is 337 g/mol. The molecule has 0 radical (unpaired) electrons. The summed E-state index contributed by atoms with van der Waals surface area (Å²) in [6.45, 7) is 8.09. The molecular formula is C15H20BrN3O.